The van der Waals surface area contributed by atoms with E-state index in [-0.39, 0.29) is 30.6 Å². The van der Waals surface area contributed by atoms with Crippen LogP contribution in [0.15, 0.2) is 58.3 Å². The molecule has 34 heavy (non-hydrogen) atoms. The van der Waals surface area contributed by atoms with E-state index in [2.05, 4.69) is 0 Å². The predicted molar refractivity (Wildman–Crippen MR) is 118 cm³/mol. The Morgan fingerprint density at radius 3 is 2.47 bits per heavy atom. The second-order valence-electron chi connectivity index (χ2n) is 8.07. The van der Waals surface area contributed by atoms with E-state index in [4.69, 9.17) is 28.1 Å². The van der Waals surface area contributed by atoms with Crippen LogP contribution in [0.4, 0.5) is 5.69 Å². The summed E-state index contributed by atoms with van der Waals surface area (Å²) in [6, 6.07) is 10.9. The van der Waals surface area contributed by atoms with Gasteiger partial charge in [-0.1, -0.05) is 0 Å². The van der Waals surface area contributed by atoms with Crippen LogP contribution in [0, 0.1) is 0 Å². The zero-order chi connectivity index (χ0) is 23.4. The van der Waals surface area contributed by atoms with Crippen LogP contribution in [0.1, 0.15) is 22.8 Å². The fourth-order valence-corrected chi connectivity index (χ4v) is 4.79. The number of phenols is 1. The lowest BCUT2D eigenvalue weighted by Gasteiger charge is -2.35. The Hall–Kier alpha value is -4.27. The van der Waals surface area contributed by atoms with E-state index < -0.39 is 11.9 Å². The van der Waals surface area contributed by atoms with E-state index in [1.807, 2.05) is 29.2 Å². The van der Waals surface area contributed by atoms with Crippen molar-refractivity contribution < 1.29 is 38.0 Å². The van der Waals surface area contributed by atoms with Gasteiger partial charge in [-0.25, -0.2) is 4.79 Å². The van der Waals surface area contributed by atoms with Crippen LogP contribution in [-0.4, -0.2) is 38.7 Å². The molecular formula is C25H21NO8. The molecule has 1 N–H and O–H groups in total. The molecule has 0 aliphatic carbocycles. The maximum absolute atomic E-state index is 13.1. The number of rotatable bonds is 5. The fourth-order valence-electron chi connectivity index (χ4n) is 4.79. The Morgan fingerprint density at radius 1 is 1.06 bits per heavy atom. The number of hydrogen-bond acceptors (Lipinski definition) is 9. The number of carbonyl (C=O) groups is 1. The molecule has 3 aromatic rings. The summed E-state index contributed by atoms with van der Waals surface area (Å²) in [7, 11) is 2.93. The van der Waals surface area contributed by atoms with E-state index in [9.17, 15) is 9.90 Å². The summed E-state index contributed by atoms with van der Waals surface area (Å²) in [6.45, 7) is 0.660. The summed E-state index contributed by atoms with van der Waals surface area (Å²) in [5.41, 5.74) is 3.61. The van der Waals surface area contributed by atoms with Gasteiger partial charge in [-0.3, -0.25) is 0 Å². The first-order chi connectivity index (χ1) is 16.6. The number of methoxy groups -OCH3 is 2. The Labute approximate surface area is 194 Å². The lowest BCUT2D eigenvalue weighted by Crippen LogP contribution is -2.30. The van der Waals surface area contributed by atoms with Crippen LogP contribution in [0.5, 0.6) is 28.7 Å². The number of phenolic OH excluding ortho intramolecular Hbond substituents is 1. The molecule has 3 aliphatic heterocycles. The molecule has 1 unspecified atom stereocenters. The van der Waals surface area contributed by atoms with E-state index in [0.717, 1.165) is 22.7 Å². The topological polar surface area (TPSA) is 99.8 Å². The monoisotopic (exact) mass is 463 g/mol. The maximum Gasteiger partial charge on any atom is 0.337 e. The van der Waals surface area contributed by atoms with Gasteiger partial charge in [0.25, 0.3) is 0 Å². The number of esters is 1. The van der Waals surface area contributed by atoms with Gasteiger partial charge in [0.15, 0.2) is 23.0 Å². The van der Waals surface area contributed by atoms with Crippen LogP contribution in [-0.2, 0) is 16.1 Å². The standard InChI is InChI=1S/C25H21NO8/c1-29-20-6-13(7-21(30-2)24(20)27)22-15-8-18-19(34-12-33-18)9-16(15)26(10-14-4-3-5-31-14)17-11-32-25(28)23(17)22/h3-9,22,27H,10-12H2,1-2H3. The Morgan fingerprint density at radius 2 is 1.79 bits per heavy atom. The van der Waals surface area contributed by atoms with Crippen LogP contribution >= 0.6 is 0 Å². The van der Waals surface area contributed by atoms with Crippen molar-refractivity contribution in [3.8, 4) is 28.7 Å². The third-order valence-corrected chi connectivity index (χ3v) is 6.34. The summed E-state index contributed by atoms with van der Waals surface area (Å²) in [5.74, 6) is 1.40. The Bertz CT molecular complexity index is 1300. The number of fused-ring (bicyclic) bond motifs is 2. The third kappa shape index (κ3) is 2.97. The van der Waals surface area contributed by atoms with Crippen molar-refractivity contribution in [2.75, 3.05) is 32.5 Å². The highest BCUT2D eigenvalue weighted by Gasteiger charge is 2.43. The molecule has 0 radical (unpaired) electrons. The summed E-state index contributed by atoms with van der Waals surface area (Å²) < 4.78 is 33.2. The van der Waals surface area contributed by atoms with Crippen LogP contribution in [0.3, 0.4) is 0 Å². The zero-order valence-corrected chi connectivity index (χ0v) is 18.5. The molecule has 0 bridgehead atoms. The van der Waals surface area contributed by atoms with Crippen LogP contribution in [0.25, 0.3) is 0 Å². The summed E-state index contributed by atoms with van der Waals surface area (Å²) >= 11 is 0. The van der Waals surface area contributed by atoms with Crippen molar-refractivity contribution in [1.29, 1.82) is 0 Å². The Kier molecular flexibility index (Phi) is 4.58. The lowest BCUT2D eigenvalue weighted by atomic mass is 9.80. The number of anilines is 1. The first-order valence-electron chi connectivity index (χ1n) is 10.7. The smallest absolute Gasteiger partial charge is 0.337 e. The number of nitrogens with zero attached hydrogens (tertiary/aromatic N) is 1. The minimum Gasteiger partial charge on any atom is -0.502 e. The highest BCUT2D eigenvalue weighted by Crippen LogP contribution is 2.53. The highest BCUT2D eigenvalue weighted by molar-refractivity contribution is 5.98. The molecule has 0 saturated carbocycles. The summed E-state index contributed by atoms with van der Waals surface area (Å²) in [5, 5.41) is 10.5. The first kappa shape index (κ1) is 20.3. The second-order valence-corrected chi connectivity index (χ2v) is 8.07. The molecule has 0 fully saturated rings. The molecule has 2 aromatic carbocycles. The molecule has 9 heteroatoms. The number of ether oxygens (including phenoxy) is 5. The molecule has 1 atom stereocenters. The van der Waals surface area contributed by atoms with Gasteiger partial charge >= 0.3 is 5.97 Å². The van der Waals surface area contributed by atoms with Gasteiger partial charge in [-0.2, -0.15) is 0 Å². The number of hydrogen-bond donors (Lipinski definition) is 1. The summed E-state index contributed by atoms with van der Waals surface area (Å²) in [6.07, 6.45) is 1.61. The number of benzene rings is 2. The normalized spacial score (nSPS) is 18.0. The van der Waals surface area contributed by atoms with Gasteiger partial charge in [0.1, 0.15) is 12.4 Å². The van der Waals surface area contributed by atoms with Crippen LogP contribution < -0.4 is 23.8 Å². The SMILES string of the molecule is COc1cc(C2C3=C(COC3=O)N(Cc3ccco3)c3cc4c(cc32)OCO4)cc(OC)c1O. The first-order valence-corrected chi connectivity index (χ1v) is 10.7. The van der Waals surface area contributed by atoms with Gasteiger partial charge in [-0.05, 0) is 41.5 Å². The minimum atomic E-state index is -0.509. The molecule has 3 aliphatic rings. The molecule has 0 amide bonds. The Balaban J connectivity index is 1.60. The van der Waals surface area contributed by atoms with Crippen molar-refractivity contribution in [1.82, 2.24) is 0 Å². The van der Waals surface area contributed by atoms with E-state index in [1.54, 1.807) is 18.4 Å². The zero-order valence-electron chi connectivity index (χ0n) is 18.5. The van der Waals surface area contributed by atoms with Crippen LogP contribution in [0.2, 0.25) is 0 Å². The molecule has 6 rings (SSSR count). The average Bonchev–Trinajstić information content (AvgIpc) is 3.60. The highest BCUT2D eigenvalue weighted by atomic mass is 16.7. The van der Waals surface area contributed by atoms with Crippen molar-refractivity contribution >= 4 is 11.7 Å². The van der Waals surface area contributed by atoms with E-state index in [1.165, 1.54) is 14.2 Å². The quantitative estimate of drug-likeness (QED) is 0.568. The third-order valence-electron chi connectivity index (χ3n) is 6.34. The number of aromatic hydroxyl groups is 1. The van der Waals surface area contributed by atoms with Gasteiger partial charge in [0, 0.05) is 17.7 Å². The predicted octanol–water partition coefficient (Wildman–Crippen LogP) is 3.69. The largest absolute Gasteiger partial charge is 0.502 e. The summed E-state index contributed by atoms with van der Waals surface area (Å²) in [4.78, 5) is 15.1. The van der Waals surface area contributed by atoms with Crippen molar-refractivity contribution in [2.24, 2.45) is 0 Å². The van der Waals surface area contributed by atoms with Gasteiger partial charge in [-0.15, -0.1) is 0 Å². The van der Waals surface area contributed by atoms with E-state index >= 15 is 0 Å². The average molecular weight is 463 g/mol. The molecule has 174 valence electrons. The van der Waals surface area contributed by atoms with Crippen molar-refractivity contribution in [2.45, 2.75) is 12.5 Å². The fraction of sp³-hybridized carbons (Fsp3) is 0.240. The molecule has 1 aromatic heterocycles. The van der Waals surface area contributed by atoms with Crippen molar-refractivity contribution in [3.63, 3.8) is 0 Å². The minimum absolute atomic E-state index is 0.113. The number of carbonyl (C=O) groups excluding carboxylic acids is 1. The molecule has 0 spiro atoms. The van der Waals surface area contributed by atoms with Gasteiger partial charge in [0.2, 0.25) is 12.5 Å². The maximum atomic E-state index is 13.1. The molecule has 4 heterocycles. The number of cyclic esters (lactones) is 1. The van der Waals surface area contributed by atoms with Gasteiger partial charge < -0.3 is 38.1 Å². The lowest BCUT2D eigenvalue weighted by molar-refractivity contribution is -0.136. The molecular weight excluding hydrogens is 442 g/mol. The number of furan rings is 1. The van der Waals surface area contributed by atoms with Crippen molar-refractivity contribution in [3.05, 3.63) is 70.8 Å². The molecule has 9 nitrogen and oxygen atoms in total. The molecule has 0 saturated heterocycles. The van der Waals surface area contributed by atoms with E-state index in [0.29, 0.717) is 29.2 Å². The second kappa shape index (κ2) is 7.65. The van der Waals surface area contributed by atoms with Gasteiger partial charge in [0.05, 0.1) is 38.3 Å².